The van der Waals surface area contributed by atoms with Gasteiger partial charge in [0.2, 0.25) is 11.8 Å². The number of anilines is 1. The van der Waals surface area contributed by atoms with Crippen LogP contribution in [0, 0.1) is 0 Å². The summed E-state index contributed by atoms with van der Waals surface area (Å²) < 4.78 is 1.82. The van der Waals surface area contributed by atoms with E-state index in [4.69, 9.17) is 0 Å². The van der Waals surface area contributed by atoms with Gasteiger partial charge in [0.25, 0.3) is 0 Å². The lowest BCUT2D eigenvalue weighted by Gasteiger charge is -2.36. The number of likely N-dealkylation sites (tertiary alicyclic amines) is 1. The average molecular weight is 379 g/mol. The van der Waals surface area contributed by atoms with E-state index in [0.29, 0.717) is 19.1 Å². The number of amides is 2. The van der Waals surface area contributed by atoms with Gasteiger partial charge < -0.3 is 10.6 Å². The Morgan fingerprint density at radius 1 is 1.30 bits per heavy atom. The van der Waals surface area contributed by atoms with Crippen LogP contribution in [0.3, 0.4) is 0 Å². The number of carbonyl (C=O) groups excluding carboxylic acids is 2. The molecule has 2 amide bonds. The molecule has 1 saturated heterocycles. The van der Waals surface area contributed by atoms with Crippen LogP contribution in [0.15, 0.2) is 12.3 Å². The number of hydrogen-bond donors (Lipinski definition) is 2. The SMILES string of the molecule is CCCn1nccc1NC(=O)CN1CCC(N(C)CC(=O)NC(C)C)CC1. The van der Waals surface area contributed by atoms with Crippen molar-refractivity contribution in [3.63, 3.8) is 0 Å². The molecule has 0 radical (unpaired) electrons. The highest BCUT2D eigenvalue weighted by atomic mass is 16.2. The molecule has 0 spiro atoms. The first-order valence-electron chi connectivity index (χ1n) is 9.92. The predicted molar refractivity (Wildman–Crippen MR) is 107 cm³/mol. The van der Waals surface area contributed by atoms with E-state index in [1.807, 2.05) is 31.6 Å². The summed E-state index contributed by atoms with van der Waals surface area (Å²) in [6.07, 6.45) is 4.61. The normalized spacial score (nSPS) is 16.1. The number of hydrogen-bond acceptors (Lipinski definition) is 5. The molecular weight excluding hydrogens is 344 g/mol. The van der Waals surface area contributed by atoms with Crippen molar-refractivity contribution in [2.75, 3.05) is 38.5 Å². The van der Waals surface area contributed by atoms with Crippen molar-refractivity contribution in [3.05, 3.63) is 12.3 Å². The van der Waals surface area contributed by atoms with Gasteiger partial charge in [0.05, 0.1) is 19.3 Å². The van der Waals surface area contributed by atoms with Gasteiger partial charge in [-0.25, -0.2) is 4.68 Å². The minimum atomic E-state index is -0.00373. The third kappa shape index (κ3) is 6.95. The minimum absolute atomic E-state index is 0.00373. The Morgan fingerprint density at radius 3 is 2.63 bits per heavy atom. The van der Waals surface area contributed by atoms with Gasteiger partial charge in [-0.05, 0) is 40.2 Å². The summed E-state index contributed by atoms with van der Waals surface area (Å²) in [6, 6.07) is 2.38. The molecule has 0 aliphatic carbocycles. The first-order chi connectivity index (χ1) is 12.9. The van der Waals surface area contributed by atoms with E-state index in [9.17, 15) is 9.59 Å². The first-order valence-corrected chi connectivity index (χ1v) is 9.92. The van der Waals surface area contributed by atoms with Gasteiger partial charge in [-0.15, -0.1) is 0 Å². The zero-order valence-corrected chi connectivity index (χ0v) is 17.1. The van der Waals surface area contributed by atoms with Crippen LogP contribution < -0.4 is 10.6 Å². The fraction of sp³-hybridized carbons (Fsp3) is 0.737. The van der Waals surface area contributed by atoms with Crippen molar-refractivity contribution in [2.45, 2.75) is 58.7 Å². The van der Waals surface area contributed by atoms with Gasteiger partial charge in [-0.3, -0.25) is 19.4 Å². The van der Waals surface area contributed by atoms with Gasteiger partial charge in [-0.1, -0.05) is 6.92 Å². The topological polar surface area (TPSA) is 82.5 Å². The molecule has 27 heavy (non-hydrogen) atoms. The largest absolute Gasteiger partial charge is 0.353 e. The van der Waals surface area contributed by atoms with E-state index in [-0.39, 0.29) is 17.9 Å². The quantitative estimate of drug-likeness (QED) is 0.674. The molecule has 0 atom stereocenters. The van der Waals surface area contributed by atoms with E-state index in [2.05, 4.69) is 32.5 Å². The van der Waals surface area contributed by atoms with E-state index >= 15 is 0 Å². The number of aromatic nitrogens is 2. The summed E-state index contributed by atoms with van der Waals surface area (Å²) in [5, 5.41) is 10.1. The molecule has 1 aliphatic heterocycles. The Kier molecular flexibility index (Phi) is 8.24. The summed E-state index contributed by atoms with van der Waals surface area (Å²) in [6.45, 7) is 9.36. The molecular formula is C19H34N6O2. The van der Waals surface area contributed by atoms with E-state index in [1.165, 1.54) is 0 Å². The van der Waals surface area contributed by atoms with Crippen molar-refractivity contribution in [2.24, 2.45) is 0 Å². The van der Waals surface area contributed by atoms with Crippen LogP contribution in [0.25, 0.3) is 0 Å². The van der Waals surface area contributed by atoms with Crippen LogP contribution in [0.4, 0.5) is 5.82 Å². The highest BCUT2D eigenvalue weighted by molar-refractivity contribution is 5.91. The molecule has 2 heterocycles. The Labute approximate surface area is 162 Å². The number of nitrogens with one attached hydrogen (secondary N) is 2. The summed E-state index contributed by atoms with van der Waals surface area (Å²) in [5.41, 5.74) is 0. The van der Waals surface area contributed by atoms with Crippen molar-refractivity contribution in [3.8, 4) is 0 Å². The molecule has 0 saturated carbocycles. The van der Waals surface area contributed by atoms with Gasteiger partial charge >= 0.3 is 0 Å². The minimum Gasteiger partial charge on any atom is -0.353 e. The fourth-order valence-corrected chi connectivity index (χ4v) is 3.46. The molecule has 152 valence electrons. The monoisotopic (exact) mass is 378 g/mol. The molecule has 0 bridgehead atoms. The Hall–Kier alpha value is -1.93. The van der Waals surface area contributed by atoms with Crippen LogP contribution in [0.5, 0.6) is 0 Å². The maximum Gasteiger partial charge on any atom is 0.239 e. The highest BCUT2D eigenvalue weighted by Gasteiger charge is 2.25. The average Bonchev–Trinajstić information content (AvgIpc) is 3.01. The van der Waals surface area contributed by atoms with Crippen molar-refractivity contribution >= 4 is 17.6 Å². The maximum atomic E-state index is 12.3. The van der Waals surface area contributed by atoms with Crippen LogP contribution in [0.1, 0.15) is 40.0 Å². The second-order valence-corrected chi connectivity index (χ2v) is 7.63. The molecule has 2 rings (SSSR count). The van der Waals surface area contributed by atoms with Crippen LogP contribution in [-0.2, 0) is 16.1 Å². The van der Waals surface area contributed by atoms with Crippen molar-refractivity contribution < 1.29 is 9.59 Å². The standard InChI is InChI=1S/C19H34N6O2/c1-5-10-25-17(6-9-20-25)22-19(27)14-24-11-7-16(8-12-24)23(4)13-18(26)21-15(2)3/h6,9,15-16H,5,7-8,10-14H2,1-4H3,(H,21,26)(H,22,27). The fourth-order valence-electron chi connectivity index (χ4n) is 3.46. The smallest absolute Gasteiger partial charge is 0.239 e. The molecule has 8 nitrogen and oxygen atoms in total. The van der Waals surface area contributed by atoms with Crippen molar-refractivity contribution in [1.82, 2.24) is 24.9 Å². The third-order valence-corrected chi connectivity index (χ3v) is 4.81. The van der Waals surface area contributed by atoms with Crippen molar-refractivity contribution in [1.29, 1.82) is 0 Å². The maximum absolute atomic E-state index is 12.3. The number of likely N-dealkylation sites (N-methyl/N-ethyl adjacent to an activating group) is 1. The molecule has 1 aromatic rings. The molecule has 0 unspecified atom stereocenters. The molecule has 1 aromatic heterocycles. The highest BCUT2D eigenvalue weighted by Crippen LogP contribution is 2.15. The zero-order chi connectivity index (χ0) is 19.8. The zero-order valence-electron chi connectivity index (χ0n) is 17.1. The lowest BCUT2D eigenvalue weighted by atomic mass is 10.0. The van der Waals surface area contributed by atoms with Crippen LogP contribution >= 0.6 is 0 Å². The first kappa shape index (κ1) is 21.4. The predicted octanol–water partition coefficient (Wildman–Crippen LogP) is 1.15. The summed E-state index contributed by atoms with van der Waals surface area (Å²) in [4.78, 5) is 28.6. The van der Waals surface area contributed by atoms with E-state index in [0.717, 1.165) is 44.7 Å². The Morgan fingerprint density at radius 2 is 2.00 bits per heavy atom. The van der Waals surface area contributed by atoms with Gasteiger partial charge in [0.1, 0.15) is 5.82 Å². The molecule has 8 heteroatoms. The Balaban J connectivity index is 1.73. The second kappa shape index (κ2) is 10.4. The van der Waals surface area contributed by atoms with Crippen LogP contribution in [0.2, 0.25) is 0 Å². The number of aryl methyl sites for hydroxylation is 1. The second-order valence-electron chi connectivity index (χ2n) is 7.63. The molecule has 2 N–H and O–H groups in total. The van der Waals surface area contributed by atoms with Gasteiger partial charge in [-0.2, -0.15) is 5.10 Å². The number of carbonyl (C=O) groups is 2. The number of nitrogens with zero attached hydrogens (tertiary/aromatic N) is 4. The molecule has 1 aliphatic rings. The van der Waals surface area contributed by atoms with Gasteiger partial charge in [0, 0.05) is 37.8 Å². The molecule has 1 fully saturated rings. The lowest BCUT2D eigenvalue weighted by Crippen LogP contribution is -2.48. The number of rotatable bonds is 9. The van der Waals surface area contributed by atoms with E-state index < -0.39 is 0 Å². The summed E-state index contributed by atoms with van der Waals surface area (Å²) >= 11 is 0. The third-order valence-electron chi connectivity index (χ3n) is 4.81. The molecule has 0 aromatic carbocycles. The van der Waals surface area contributed by atoms with Crippen LogP contribution in [-0.4, -0.2) is 76.7 Å². The summed E-state index contributed by atoms with van der Waals surface area (Å²) in [7, 11) is 2.00. The van der Waals surface area contributed by atoms with Gasteiger partial charge in [0.15, 0.2) is 0 Å². The summed E-state index contributed by atoms with van der Waals surface area (Å²) in [5.74, 6) is 0.821. The van der Waals surface area contributed by atoms with E-state index in [1.54, 1.807) is 6.20 Å². The number of piperidine rings is 1. The lowest BCUT2D eigenvalue weighted by molar-refractivity contribution is -0.123. The Bertz CT molecular complexity index is 607.